The average molecular weight is 578 g/mol. The van der Waals surface area contributed by atoms with Crippen molar-refractivity contribution in [3.05, 3.63) is 60.2 Å². The number of carbonyl (C=O) groups excluding carboxylic acids is 1. The van der Waals surface area contributed by atoms with E-state index in [1.165, 1.54) is 24.9 Å². The molecule has 2 atom stereocenters. The second-order valence-electron chi connectivity index (χ2n) is 8.93. The van der Waals surface area contributed by atoms with Crippen molar-refractivity contribution in [1.82, 2.24) is 15.1 Å². The van der Waals surface area contributed by atoms with E-state index in [1.54, 1.807) is 24.3 Å². The molecule has 0 aliphatic carbocycles. The number of rotatable bonds is 6. The molecule has 2 fully saturated rings. The van der Waals surface area contributed by atoms with Gasteiger partial charge in [-0.1, -0.05) is 30.3 Å². The minimum absolute atomic E-state index is 0. The molecule has 2 heterocycles. The monoisotopic (exact) mass is 577 g/mol. The van der Waals surface area contributed by atoms with Crippen molar-refractivity contribution in [1.29, 1.82) is 0 Å². The van der Waals surface area contributed by atoms with Crippen LogP contribution in [0.4, 0.5) is 5.69 Å². The predicted molar refractivity (Wildman–Crippen MR) is 148 cm³/mol. The molecule has 2 aromatic rings. The number of carbonyl (C=O) groups is 1. The van der Waals surface area contributed by atoms with E-state index in [-0.39, 0.29) is 42.2 Å². The zero-order valence-electron chi connectivity index (χ0n) is 19.8. The van der Waals surface area contributed by atoms with Crippen molar-refractivity contribution in [2.24, 2.45) is 10.9 Å². The maximum atomic E-state index is 12.4. The molecule has 0 saturated carbocycles. The summed E-state index contributed by atoms with van der Waals surface area (Å²) < 4.78 is 0. The Morgan fingerprint density at radius 2 is 1.85 bits per heavy atom. The number of hydrogen-bond donors (Lipinski definition) is 3. The molecule has 4 rings (SSSR count). The van der Waals surface area contributed by atoms with Crippen molar-refractivity contribution in [2.45, 2.75) is 38.8 Å². The number of likely N-dealkylation sites (tertiary alicyclic amines) is 2. The van der Waals surface area contributed by atoms with Crippen LogP contribution in [0.1, 0.15) is 31.7 Å². The third kappa shape index (κ3) is 7.09. The number of fused-ring (bicyclic) bond motifs is 1. The molecule has 2 unspecified atom stereocenters. The van der Waals surface area contributed by atoms with Crippen LogP contribution in [0.2, 0.25) is 0 Å². The molecule has 34 heavy (non-hydrogen) atoms. The van der Waals surface area contributed by atoms with Crippen molar-refractivity contribution in [3.63, 3.8) is 0 Å². The van der Waals surface area contributed by atoms with Gasteiger partial charge >= 0.3 is 0 Å². The number of halogens is 1. The van der Waals surface area contributed by atoms with Gasteiger partial charge in [0.05, 0.1) is 0 Å². The smallest absolute Gasteiger partial charge is 0.246 e. The van der Waals surface area contributed by atoms with Gasteiger partial charge in [0.1, 0.15) is 12.3 Å². The molecular formula is C26H36IN5O2. The van der Waals surface area contributed by atoms with Crippen LogP contribution in [-0.2, 0) is 11.3 Å². The SMILES string of the molecule is CCNC(=NCC(=O)Nc1ccc(O)cc1)N1CCC2C(CCCN2Cc2ccccc2)C1.I. The summed E-state index contributed by atoms with van der Waals surface area (Å²) in [4.78, 5) is 22.0. The topological polar surface area (TPSA) is 80.2 Å². The zero-order valence-corrected chi connectivity index (χ0v) is 22.2. The first kappa shape index (κ1) is 26.3. The van der Waals surface area contributed by atoms with Crippen LogP contribution in [-0.4, -0.2) is 65.5 Å². The summed E-state index contributed by atoms with van der Waals surface area (Å²) in [5.74, 6) is 1.44. The number of nitrogens with zero attached hydrogens (tertiary/aromatic N) is 3. The van der Waals surface area contributed by atoms with Crippen LogP contribution in [0, 0.1) is 5.92 Å². The fourth-order valence-corrected chi connectivity index (χ4v) is 5.03. The molecule has 0 aromatic heterocycles. The number of guanidine groups is 1. The van der Waals surface area contributed by atoms with Gasteiger partial charge in [-0.3, -0.25) is 9.69 Å². The second-order valence-corrected chi connectivity index (χ2v) is 8.93. The Morgan fingerprint density at radius 1 is 1.09 bits per heavy atom. The molecule has 1 amide bonds. The molecule has 8 heteroatoms. The standard InChI is InChI=1S/C26H35N5O2.HI/c1-2-27-26(28-17-25(33)29-22-10-12-23(32)13-11-22)31-16-14-24-21(19-31)9-6-15-30(24)18-20-7-4-3-5-8-20;/h3-5,7-8,10-13,21,24,32H,2,6,9,14-19H2,1H3,(H,27,28)(H,29,33);1H. The number of phenols is 1. The lowest BCUT2D eigenvalue weighted by Crippen LogP contribution is -2.56. The van der Waals surface area contributed by atoms with Crippen LogP contribution in [0.5, 0.6) is 5.75 Å². The molecule has 2 saturated heterocycles. The van der Waals surface area contributed by atoms with E-state index >= 15 is 0 Å². The maximum absolute atomic E-state index is 12.4. The first-order chi connectivity index (χ1) is 16.1. The molecule has 0 bridgehead atoms. The molecule has 0 spiro atoms. The lowest BCUT2D eigenvalue weighted by atomic mass is 9.83. The number of aromatic hydroxyl groups is 1. The average Bonchev–Trinajstić information content (AvgIpc) is 2.84. The summed E-state index contributed by atoms with van der Waals surface area (Å²) >= 11 is 0. The van der Waals surface area contributed by atoms with E-state index in [0.29, 0.717) is 17.6 Å². The highest BCUT2D eigenvalue weighted by Gasteiger charge is 2.36. The highest BCUT2D eigenvalue weighted by Crippen LogP contribution is 2.31. The Hall–Kier alpha value is -2.33. The Morgan fingerprint density at radius 3 is 2.59 bits per heavy atom. The Kier molecular flexibility index (Phi) is 10.0. The molecule has 7 nitrogen and oxygen atoms in total. The number of nitrogens with one attached hydrogen (secondary N) is 2. The number of piperidine rings is 2. The quantitative estimate of drug-likeness (QED) is 0.210. The van der Waals surface area contributed by atoms with E-state index in [0.717, 1.165) is 38.6 Å². The third-order valence-electron chi connectivity index (χ3n) is 6.57. The van der Waals surface area contributed by atoms with Crippen molar-refractivity contribution < 1.29 is 9.90 Å². The van der Waals surface area contributed by atoms with Crippen molar-refractivity contribution >= 4 is 41.5 Å². The van der Waals surface area contributed by atoms with Gasteiger partial charge in [0.15, 0.2) is 5.96 Å². The van der Waals surface area contributed by atoms with Gasteiger partial charge in [-0.05, 0) is 68.5 Å². The number of aliphatic imine (C=N–C) groups is 1. The van der Waals surface area contributed by atoms with Gasteiger partial charge < -0.3 is 20.6 Å². The molecular weight excluding hydrogens is 541 g/mol. The maximum Gasteiger partial charge on any atom is 0.246 e. The van der Waals surface area contributed by atoms with Gasteiger partial charge in [-0.2, -0.15) is 0 Å². The van der Waals surface area contributed by atoms with Gasteiger partial charge in [-0.15, -0.1) is 24.0 Å². The summed E-state index contributed by atoms with van der Waals surface area (Å²) in [6.07, 6.45) is 3.58. The fraction of sp³-hybridized carbons (Fsp3) is 0.462. The number of hydrogen-bond acceptors (Lipinski definition) is 4. The molecule has 3 N–H and O–H groups in total. The van der Waals surface area contributed by atoms with Crippen LogP contribution >= 0.6 is 24.0 Å². The van der Waals surface area contributed by atoms with E-state index in [9.17, 15) is 9.90 Å². The Balaban J connectivity index is 0.00000324. The Labute approximate surface area is 219 Å². The molecule has 2 aliphatic rings. The minimum Gasteiger partial charge on any atom is -0.508 e. The number of phenolic OH excluding ortho intramolecular Hbond substituents is 1. The molecule has 0 radical (unpaired) electrons. The fourth-order valence-electron chi connectivity index (χ4n) is 5.03. The number of benzene rings is 2. The van der Waals surface area contributed by atoms with Gasteiger partial charge in [0, 0.05) is 37.9 Å². The van der Waals surface area contributed by atoms with Gasteiger partial charge in [0.25, 0.3) is 0 Å². The highest BCUT2D eigenvalue weighted by atomic mass is 127. The largest absolute Gasteiger partial charge is 0.508 e. The minimum atomic E-state index is -0.169. The number of amides is 1. The first-order valence-corrected chi connectivity index (χ1v) is 12.0. The van der Waals surface area contributed by atoms with Crippen molar-refractivity contribution in [2.75, 3.05) is 38.0 Å². The molecule has 2 aliphatic heterocycles. The predicted octanol–water partition coefficient (Wildman–Crippen LogP) is 3.90. The number of anilines is 1. The normalized spacial score (nSPS) is 20.7. The summed E-state index contributed by atoms with van der Waals surface area (Å²) in [5, 5.41) is 15.6. The van der Waals surface area contributed by atoms with Gasteiger partial charge in [0.2, 0.25) is 5.91 Å². The third-order valence-corrected chi connectivity index (χ3v) is 6.57. The lowest BCUT2D eigenvalue weighted by Gasteiger charge is -2.48. The van der Waals surface area contributed by atoms with Crippen LogP contribution in [0.15, 0.2) is 59.6 Å². The van der Waals surface area contributed by atoms with Crippen molar-refractivity contribution in [3.8, 4) is 5.75 Å². The first-order valence-electron chi connectivity index (χ1n) is 12.0. The van der Waals surface area contributed by atoms with E-state index in [4.69, 9.17) is 0 Å². The summed E-state index contributed by atoms with van der Waals surface area (Å²) in [7, 11) is 0. The second kappa shape index (κ2) is 12.9. The highest BCUT2D eigenvalue weighted by molar-refractivity contribution is 14.0. The zero-order chi connectivity index (χ0) is 23.0. The van der Waals surface area contributed by atoms with E-state index < -0.39 is 0 Å². The summed E-state index contributed by atoms with van der Waals surface area (Å²) in [6.45, 7) is 6.99. The van der Waals surface area contributed by atoms with Crippen LogP contribution in [0.25, 0.3) is 0 Å². The van der Waals surface area contributed by atoms with Gasteiger partial charge in [-0.25, -0.2) is 4.99 Å². The lowest BCUT2D eigenvalue weighted by molar-refractivity contribution is -0.114. The molecule has 2 aromatic carbocycles. The van der Waals surface area contributed by atoms with E-state index in [1.807, 2.05) is 0 Å². The summed E-state index contributed by atoms with van der Waals surface area (Å²) in [5.41, 5.74) is 2.04. The van der Waals surface area contributed by atoms with Crippen LogP contribution in [0.3, 0.4) is 0 Å². The summed E-state index contributed by atoms with van der Waals surface area (Å²) in [6, 6.07) is 17.8. The molecule has 184 valence electrons. The van der Waals surface area contributed by atoms with E-state index in [2.05, 4.69) is 62.7 Å². The van der Waals surface area contributed by atoms with Crippen LogP contribution < -0.4 is 10.6 Å². The Bertz CT molecular complexity index is 938.